The van der Waals surface area contributed by atoms with Crippen molar-refractivity contribution in [3.63, 3.8) is 0 Å². The number of pyridine rings is 1. The minimum atomic E-state index is -0.201. The van der Waals surface area contributed by atoms with Gasteiger partial charge in [0.1, 0.15) is 5.82 Å². The van der Waals surface area contributed by atoms with Crippen molar-refractivity contribution in [3.05, 3.63) is 66.3 Å². The highest BCUT2D eigenvalue weighted by atomic mass is 16.1. The predicted molar refractivity (Wildman–Crippen MR) is 85.9 cm³/mol. The summed E-state index contributed by atoms with van der Waals surface area (Å²) < 4.78 is 0. The van der Waals surface area contributed by atoms with Gasteiger partial charge in [-0.15, -0.1) is 0 Å². The summed E-state index contributed by atoms with van der Waals surface area (Å²) in [4.78, 5) is 23.8. The van der Waals surface area contributed by atoms with Crippen molar-refractivity contribution in [1.82, 2.24) is 20.3 Å². The van der Waals surface area contributed by atoms with E-state index in [4.69, 9.17) is 0 Å². The first-order chi connectivity index (χ1) is 10.7. The number of carbonyl (C=O) groups excluding carboxylic acids is 1. The molecular formula is C17H16N4O. The van der Waals surface area contributed by atoms with E-state index in [1.54, 1.807) is 12.3 Å². The van der Waals surface area contributed by atoms with Crippen LogP contribution in [0.15, 0.2) is 54.7 Å². The fourth-order valence-electron chi connectivity index (χ4n) is 2.14. The van der Waals surface area contributed by atoms with Crippen molar-refractivity contribution in [2.45, 2.75) is 13.0 Å². The normalized spacial score (nSPS) is 12.6. The highest BCUT2D eigenvalue weighted by Gasteiger charge is 2.11. The summed E-state index contributed by atoms with van der Waals surface area (Å²) in [6.45, 7) is 1.89. The highest BCUT2D eigenvalue weighted by molar-refractivity contribution is 5.91. The van der Waals surface area contributed by atoms with E-state index < -0.39 is 0 Å². The van der Waals surface area contributed by atoms with E-state index in [9.17, 15) is 4.79 Å². The molecule has 0 fully saturated rings. The van der Waals surface area contributed by atoms with Crippen LogP contribution in [0.1, 0.15) is 24.5 Å². The zero-order valence-corrected chi connectivity index (χ0v) is 12.2. The second-order valence-corrected chi connectivity index (χ2v) is 4.96. The van der Waals surface area contributed by atoms with Gasteiger partial charge in [-0.1, -0.05) is 18.2 Å². The Balaban J connectivity index is 1.67. The van der Waals surface area contributed by atoms with Crippen LogP contribution in [0.2, 0.25) is 0 Å². The topological polar surface area (TPSA) is 70.7 Å². The van der Waals surface area contributed by atoms with Crippen LogP contribution in [0.3, 0.4) is 0 Å². The largest absolute Gasteiger partial charge is 0.343 e. The fourth-order valence-corrected chi connectivity index (χ4v) is 2.14. The maximum atomic E-state index is 11.9. The number of aromatic nitrogens is 3. The molecule has 2 aromatic heterocycles. The van der Waals surface area contributed by atoms with Gasteiger partial charge in [-0.05, 0) is 37.3 Å². The van der Waals surface area contributed by atoms with Gasteiger partial charge in [0.2, 0.25) is 5.91 Å². The van der Waals surface area contributed by atoms with Gasteiger partial charge in [-0.25, -0.2) is 4.98 Å². The Kier molecular flexibility index (Phi) is 3.96. The number of hydrogen-bond donors (Lipinski definition) is 2. The minimum absolute atomic E-state index is 0.182. The summed E-state index contributed by atoms with van der Waals surface area (Å²) in [5.74, 6) is 0.555. The van der Waals surface area contributed by atoms with Gasteiger partial charge >= 0.3 is 0 Å². The monoisotopic (exact) mass is 292 g/mol. The Morgan fingerprint density at radius 3 is 2.82 bits per heavy atom. The summed E-state index contributed by atoms with van der Waals surface area (Å²) in [5, 5.41) is 2.88. The predicted octanol–water partition coefficient (Wildman–Crippen LogP) is 2.85. The number of aromatic amines is 1. The first-order valence-electron chi connectivity index (χ1n) is 7.06. The standard InChI is InChI=1S/C17H16N4O/c1-12(17-20-14-7-2-3-8-15(14)21-17)19-16(22)10-9-13-6-4-5-11-18-13/h2-12H,1H3,(H,19,22)(H,20,21)/b10-9+. The third-order valence-corrected chi connectivity index (χ3v) is 3.27. The lowest BCUT2D eigenvalue weighted by molar-refractivity contribution is -0.117. The molecule has 3 rings (SSSR count). The maximum Gasteiger partial charge on any atom is 0.244 e. The first kappa shape index (κ1) is 14.0. The summed E-state index contributed by atoms with van der Waals surface area (Å²) in [5.41, 5.74) is 2.60. The molecule has 1 aromatic carbocycles. The van der Waals surface area contributed by atoms with E-state index in [2.05, 4.69) is 20.3 Å². The number of H-pyrrole nitrogens is 1. The van der Waals surface area contributed by atoms with Gasteiger partial charge in [0.25, 0.3) is 0 Å². The van der Waals surface area contributed by atoms with Crippen molar-refractivity contribution in [2.24, 2.45) is 0 Å². The molecular weight excluding hydrogens is 276 g/mol. The van der Waals surface area contributed by atoms with Crippen LogP contribution in [-0.2, 0) is 4.79 Å². The van der Waals surface area contributed by atoms with Gasteiger partial charge in [0.05, 0.1) is 22.8 Å². The van der Waals surface area contributed by atoms with Gasteiger partial charge in [-0.2, -0.15) is 0 Å². The molecule has 5 heteroatoms. The number of para-hydroxylation sites is 2. The van der Waals surface area contributed by atoms with Crippen molar-refractivity contribution in [3.8, 4) is 0 Å². The van der Waals surface area contributed by atoms with Crippen LogP contribution in [-0.4, -0.2) is 20.9 Å². The van der Waals surface area contributed by atoms with Crippen LogP contribution >= 0.6 is 0 Å². The van der Waals surface area contributed by atoms with Crippen LogP contribution in [0.5, 0.6) is 0 Å². The van der Waals surface area contributed by atoms with E-state index in [0.717, 1.165) is 22.6 Å². The third kappa shape index (κ3) is 3.20. The molecule has 0 aliphatic heterocycles. The lowest BCUT2D eigenvalue weighted by atomic mass is 10.3. The van der Waals surface area contributed by atoms with Gasteiger partial charge in [-0.3, -0.25) is 9.78 Å². The smallest absolute Gasteiger partial charge is 0.244 e. The summed E-state index contributed by atoms with van der Waals surface area (Å²) >= 11 is 0. The van der Waals surface area contributed by atoms with Crippen LogP contribution < -0.4 is 5.32 Å². The first-order valence-corrected chi connectivity index (χ1v) is 7.06. The van der Waals surface area contributed by atoms with Crippen molar-refractivity contribution in [2.75, 3.05) is 0 Å². The number of rotatable bonds is 4. The fraction of sp³-hybridized carbons (Fsp3) is 0.118. The molecule has 110 valence electrons. The Morgan fingerprint density at radius 1 is 1.23 bits per heavy atom. The van der Waals surface area contributed by atoms with E-state index in [1.165, 1.54) is 6.08 Å². The molecule has 2 N–H and O–H groups in total. The van der Waals surface area contributed by atoms with E-state index in [-0.39, 0.29) is 11.9 Å². The van der Waals surface area contributed by atoms with Crippen LogP contribution in [0, 0.1) is 0 Å². The summed E-state index contributed by atoms with van der Waals surface area (Å²) in [7, 11) is 0. The average Bonchev–Trinajstić information content (AvgIpc) is 2.98. The molecule has 0 saturated heterocycles. The molecule has 1 atom stereocenters. The number of fused-ring (bicyclic) bond motifs is 1. The molecule has 5 nitrogen and oxygen atoms in total. The minimum Gasteiger partial charge on any atom is -0.343 e. The van der Waals surface area contributed by atoms with Crippen molar-refractivity contribution in [1.29, 1.82) is 0 Å². The van der Waals surface area contributed by atoms with Gasteiger partial charge < -0.3 is 10.3 Å². The third-order valence-electron chi connectivity index (χ3n) is 3.27. The molecule has 0 saturated carbocycles. The molecule has 1 unspecified atom stereocenters. The molecule has 1 amide bonds. The molecule has 0 aliphatic carbocycles. The van der Waals surface area contributed by atoms with E-state index >= 15 is 0 Å². The Labute approximate surface area is 128 Å². The number of carbonyl (C=O) groups is 1. The van der Waals surface area contributed by atoms with Crippen LogP contribution in [0.4, 0.5) is 0 Å². The Hall–Kier alpha value is -2.95. The van der Waals surface area contributed by atoms with Gasteiger partial charge in [0.15, 0.2) is 0 Å². The number of amides is 1. The molecule has 2 heterocycles. The molecule has 0 spiro atoms. The number of benzene rings is 1. The lowest BCUT2D eigenvalue weighted by Crippen LogP contribution is -2.25. The zero-order chi connectivity index (χ0) is 15.4. The van der Waals surface area contributed by atoms with Crippen LogP contribution in [0.25, 0.3) is 17.1 Å². The molecule has 22 heavy (non-hydrogen) atoms. The lowest BCUT2D eigenvalue weighted by Gasteiger charge is -2.09. The molecule has 0 radical (unpaired) electrons. The van der Waals surface area contributed by atoms with Gasteiger partial charge in [0, 0.05) is 12.3 Å². The average molecular weight is 292 g/mol. The van der Waals surface area contributed by atoms with Crippen molar-refractivity contribution < 1.29 is 4.79 Å². The number of nitrogens with zero attached hydrogens (tertiary/aromatic N) is 2. The number of imidazole rings is 1. The number of nitrogens with one attached hydrogen (secondary N) is 2. The van der Waals surface area contributed by atoms with E-state index in [1.807, 2.05) is 49.4 Å². The summed E-state index contributed by atoms with van der Waals surface area (Å²) in [6, 6.07) is 13.1. The zero-order valence-electron chi connectivity index (χ0n) is 12.2. The summed E-state index contributed by atoms with van der Waals surface area (Å²) in [6.07, 6.45) is 4.84. The maximum absolute atomic E-state index is 11.9. The second-order valence-electron chi connectivity index (χ2n) is 4.96. The SMILES string of the molecule is CC(NC(=O)/C=C/c1ccccn1)c1nc2ccccc2[nH]1. The van der Waals surface area contributed by atoms with Crippen molar-refractivity contribution >= 4 is 23.0 Å². The molecule has 0 aliphatic rings. The second kappa shape index (κ2) is 6.22. The molecule has 3 aromatic rings. The highest BCUT2D eigenvalue weighted by Crippen LogP contribution is 2.15. The quantitative estimate of drug-likeness (QED) is 0.726. The molecule has 0 bridgehead atoms. The number of hydrogen-bond acceptors (Lipinski definition) is 3. The Bertz CT molecular complexity index is 775. The Morgan fingerprint density at radius 2 is 2.05 bits per heavy atom. The van der Waals surface area contributed by atoms with E-state index in [0.29, 0.717) is 0 Å².